The molecule has 2 heterocycles. The Morgan fingerprint density at radius 3 is 2.58 bits per heavy atom. The molecule has 0 spiro atoms. The highest BCUT2D eigenvalue weighted by molar-refractivity contribution is 7.71. The molecule has 19 heavy (non-hydrogen) atoms. The zero-order valence-corrected chi connectivity index (χ0v) is 11.5. The summed E-state index contributed by atoms with van der Waals surface area (Å²) in [5, 5.41) is 11.5. The average molecular weight is 271 g/mol. The summed E-state index contributed by atoms with van der Waals surface area (Å²) in [7, 11) is 1.89. The van der Waals surface area contributed by atoms with Crippen molar-refractivity contribution in [2.45, 2.75) is 6.92 Å². The van der Waals surface area contributed by atoms with Gasteiger partial charge in [0.1, 0.15) is 0 Å². The van der Waals surface area contributed by atoms with Gasteiger partial charge >= 0.3 is 0 Å². The predicted molar refractivity (Wildman–Crippen MR) is 75.7 cm³/mol. The van der Waals surface area contributed by atoms with Crippen LogP contribution in [-0.4, -0.2) is 24.5 Å². The summed E-state index contributed by atoms with van der Waals surface area (Å²) in [6.45, 7) is 1.96. The zero-order valence-electron chi connectivity index (χ0n) is 10.7. The Hall–Kier alpha value is -2.21. The maximum Gasteiger partial charge on any atom is 0.200 e. The molecule has 2 aromatic heterocycles. The Kier molecular flexibility index (Phi) is 2.79. The molecule has 1 aromatic carbocycles. The highest BCUT2D eigenvalue weighted by Gasteiger charge is 2.14. The summed E-state index contributed by atoms with van der Waals surface area (Å²) in [5.41, 5.74) is 2.88. The smallest absolute Gasteiger partial charge is 0.200 e. The lowest BCUT2D eigenvalue weighted by Crippen LogP contribution is -1.97. The summed E-state index contributed by atoms with van der Waals surface area (Å²) in [5.74, 6) is 0.779. The van der Waals surface area contributed by atoms with E-state index >= 15 is 0 Å². The van der Waals surface area contributed by atoms with E-state index in [-0.39, 0.29) is 0 Å². The molecule has 0 aliphatic rings. The van der Waals surface area contributed by atoms with Crippen LogP contribution in [0.25, 0.3) is 17.1 Å². The van der Waals surface area contributed by atoms with Crippen LogP contribution in [0.15, 0.2) is 36.5 Å². The van der Waals surface area contributed by atoms with E-state index < -0.39 is 0 Å². The third-order valence-electron chi connectivity index (χ3n) is 2.94. The number of para-hydroxylation sites is 1. The number of benzene rings is 1. The van der Waals surface area contributed by atoms with E-state index in [1.165, 1.54) is 0 Å². The number of H-pyrrole nitrogens is 1. The van der Waals surface area contributed by atoms with Crippen molar-refractivity contribution in [1.82, 2.24) is 24.5 Å². The molecule has 5 nitrogen and oxygen atoms in total. The minimum Gasteiger partial charge on any atom is -0.275 e. The molecule has 0 radical (unpaired) electrons. The van der Waals surface area contributed by atoms with E-state index in [0.717, 1.165) is 22.8 Å². The number of nitrogens with one attached hydrogen (secondary N) is 1. The largest absolute Gasteiger partial charge is 0.275 e. The van der Waals surface area contributed by atoms with Gasteiger partial charge in [-0.05, 0) is 31.3 Å². The lowest BCUT2D eigenvalue weighted by Gasteiger charge is -2.05. The molecule has 0 saturated heterocycles. The molecule has 0 aliphatic carbocycles. The number of aromatic amines is 1. The maximum atomic E-state index is 5.32. The Morgan fingerprint density at radius 2 is 1.95 bits per heavy atom. The minimum atomic E-state index is 0.574. The second-order valence-corrected chi connectivity index (χ2v) is 4.71. The van der Waals surface area contributed by atoms with Crippen molar-refractivity contribution in [2.24, 2.45) is 7.05 Å². The molecule has 0 bridgehead atoms. The molecule has 3 aromatic rings. The molecule has 0 unspecified atom stereocenters. The molecule has 0 amide bonds. The van der Waals surface area contributed by atoms with Crippen LogP contribution >= 0.6 is 12.2 Å². The second kappa shape index (κ2) is 4.47. The summed E-state index contributed by atoms with van der Waals surface area (Å²) in [4.78, 5) is 0. The summed E-state index contributed by atoms with van der Waals surface area (Å²) < 4.78 is 4.27. The fourth-order valence-corrected chi connectivity index (χ4v) is 2.35. The zero-order chi connectivity index (χ0) is 13.4. The third-order valence-corrected chi connectivity index (χ3v) is 3.21. The predicted octanol–water partition coefficient (Wildman–Crippen LogP) is 2.64. The van der Waals surface area contributed by atoms with Gasteiger partial charge in [0.25, 0.3) is 0 Å². The molecular weight excluding hydrogens is 258 g/mol. The quantitative estimate of drug-likeness (QED) is 0.729. The van der Waals surface area contributed by atoms with Gasteiger partial charge in [0.2, 0.25) is 0 Å². The lowest BCUT2D eigenvalue weighted by molar-refractivity contribution is 0.756. The number of aromatic nitrogens is 5. The first-order valence-corrected chi connectivity index (χ1v) is 6.31. The number of rotatable bonds is 2. The Bertz CT molecular complexity index is 766. The van der Waals surface area contributed by atoms with Crippen molar-refractivity contribution in [3.05, 3.63) is 47.0 Å². The van der Waals surface area contributed by atoms with Crippen molar-refractivity contribution >= 4 is 12.2 Å². The minimum absolute atomic E-state index is 0.574. The van der Waals surface area contributed by atoms with Crippen LogP contribution in [0, 0.1) is 11.7 Å². The van der Waals surface area contributed by atoms with Crippen LogP contribution in [0.1, 0.15) is 5.69 Å². The first-order chi connectivity index (χ1) is 9.16. The van der Waals surface area contributed by atoms with Gasteiger partial charge in [-0.1, -0.05) is 18.2 Å². The van der Waals surface area contributed by atoms with Crippen LogP contribution in [-0.2, 0) is 7.05 Å². The number of aryl methyl sites for hydroxylation is 2. The summed E-state index contributed by atoms with van der Waals surface area (Å²) >= 11 is 5.32. The number of nitrogens with zero attached hydrogens (tertiary/aromatic N) is 4. The van der Waals surface area contributed by atoms with Gasteiger partial charge in [-0.3, -0.25) is 14.3 Å². The molecular formula is C13H13N5S. The van der Waals surface area contributed by atoms with Gasteiger partial charge in [0, 0.05) is 18.9 Å². The molecule has 0 aliphatic heterocycles. The molecule has 0 fully saturated rings. The third kappa shape index (κ3) is 2.00. The Labute approximate surface area is 115 Å². The van der Waals surface area contributed by atoms with E-state index in [4.69, 9.17) is 12.2 Å². The van der Waals surface area contributed by atoms with Gasteiger partial charge in [-0.15, -0.1) is 0 Å². The Balaban J connectivity index is 2.25. The molecule has 96 valence electrons. The first kappa shape index (κ1) is 11.9. The van der Waals surface area contributed by atoms with Crippen LogP contribution < -0.4 is 0 Å². The molecule has 0 atom stereocenters. The van der Waals surface area contributed by atoms with Crippen LogP contribution in [0.2, 0.25) is 0 Å². The van der Waals surface area contributed by atoms with Crippen LogP contribution in [0.4, 0.5) is 0 Å². The average Bonchev–Trinajstić information content (AvgIpc) is 2.93. The summed E-state index contributed by atoms with van der Waals surface area (Å²) in [6, 6.07) is 9.93. The summed E-state index contributed by atoms with van der Waals surface area (Å²) in [6.07, 6.45) is 1.94. The SMILES string of the molecule is Cc1nn(C)cc1-c1n[nH]c(=S)n1-c1ccccc1. The second-order valence-electron chi connectivity index (χ2n) is 4.33. The van der Waals surface area contributed by atoms with E-state index in [0.29, 0.717) is 4.77 Å². The van der Waals surface area contributed by atoms with Crippen molar-refractivity contribution < 1.29 is 0 Å². The fourth-order valence-electron chi connectivity index (χ4n) is 2.11. The molecule has 6 heteroatoms. The van der Waals surface area contributed by atoms with Crippen molar-refractivity contribution in [3.8, 4) is 17.1 Å². The highest BCUT2D eigenvalue weighted by atomic mass is 32.1. The van der Waals surface area contributed by atoms with Gasteiger partial charge < -0.3 is 0 Å². The van der Waals surface area contributed by atoms with Gasteiger partial charge in [0.15, 0.2) is 10.6 Å². The molecule has 0 saturated carbocycles. The van der Waals surface area contributed by atoms with E-state index in [2.05, 4.69) is 15.3 Å². The Morgan fingerprint density at radius 1 is 1.21 bits per heavy atom. The first-order valence-electron chi connectivity index (χ1n) is 5.90. The van der Waals surface area contributed by atoms with Crippen LogP contribution in [0.3, 0.4) is 0 Å². The normalized spacial score (nSPS) is 10.8. The van der Waals surface area contributed by atoms with E-state index in [9.17, 15) is 0 Å². The fraction of sp³-hybridized carbons (Fsp3) is 0.154. The lowest BCUT2D eigenvalue weighted by atomic mass is 10.2. The van der Waals surface area contributed by atoms with Crippen molar-refractivity contribution in [1.29, 1.82) is 0 Å². The van der Waals surface area contributed by atoms with Crippen molar-refractivity contribution in [3.63, 3.8) is 0 Å². The van der Waals surface area contributed by atoms with Gasteiger partial charge in [-0.25, -0.2) is 0 Å². The number of hydrogen-bond donors (Lipinski definition) is 1. The van der Waals surface area contributed by atoms with E-state index in [1.54, 1.807) is 4.68 Å². The number of hydrogen-bond acceptors (Lipinski definition) is 3. The van der Waals surface area contributed by atoms with Gasteiger partial charge in [-0.2, -0.15) is 10.2 Å². The molecule has 3 rings (SSSR count). The highest BCUT2D eigenvalue weighted by Crippen LogP contribution is 2.23. The monoisotopic (exact) mass is 271 g/mol. The molecule has 1 N–H and O–H groups in total. The maximum absolute atomic E-state index is 5.32. The van der Waals surface area contributed by atoms with Gasteiger partial charge in [0.05, 0.1) is 11.3 Å². The standard InChI is InChI=1S/C13H13N5S/c1-9-11(8-17(2)16-9)12-14-15-13(19)18(12)10-6-4-3-5-7-10/h3-8H,1-2H3,(H,15,19). The van der Waals surface area contributed by atoms with Crippen molar-refractivity contribution in [2.75, 3.05) is 0 Å². The van der Waals surface area contributed by atoms with E-state index in [1.807, 2.05) is 55.1 Å². The topological polar surface area (TPSA) is 51.4 Å². The van der Waals surface area contributed by atoms with Crippen LogP contribution in [0.5, 0.6) is 0 Å².